The lowest BCUT2D eigenvalue weighted by Gasteiger charge is -2.16. The van der Waals surface area contributed by atoms with Crippen LogP contribution in [0.1, 0.15) is 37.7 Å². The second-order valence-corrected chi connectivity index (χ2v) is 7.68. The van der Waals surface area contributed by atoms with E-state index >= 15 is 0 Å². The van der Waals surface area contributed by atoms with Crippen LogP contribution in [0.25, 0.3) is 5.69 Å². The Labute approximate surface area is 184 Å². The zero-order chi connectivity index (χ0) is 22.4. The molecule has 3 rings (SSSR count). The summed E-state index contributed by atoms with van der Waals surface area (Å²) in [6.45, 7) is 3.61. The van der Waals surface area contributed by atoms with Gasteiger partial charge in [0.15, 0.2) is 11.0 Å². The zero-order valence-electron chi connectivity index (χ0n) is 17.4. The van der Waals surface area contributed by atoms with Crippen molar-refractivity contribution < 1.29 is 14.5 Å². The summed E-state index contributed by atoms with van der Waals surface area (Å²) in [6.07, 6.45) is 0.355. The largest absolute Gasteiger partial charge is 0.497 e. The summed E-state index contributed by atoms with van der Waals surface area (Å²) in [5, 5.41) is 23.1. The van der Waals surface area contributed by atoms with Crippen LogP contribution >= 0.6 is 11.8 Å². The average molecular weight is 442 g/mol. The zero-order valence-corrected chi connectivity index (χ0v) is 18.3. The fraction of sp³-hybridized carbons (Fsp3) is 0.286. The Morgan fingerprint density at radius 2 is 2.00 bits per heavy atom. The number of ether oxygens (including phenoxy) is 1. The molecule has 0 fully saturated rings. The van der Waals surface area contributed by atoms with Crippen molar-refractivity contribution in [2.45, 2.75) is 37.2 Å². The molecule has 0 saturated heterocycles. The molecule has 9 nitrogen and oxygen atoms in total. The van der Waals surface area contributed by atoms with Crippen LogP contribution in [0.15, 0.2) is 53.7 Å². The van der Waals surface area contributed by atoms with E-state index in [1.165, 1.54) is 23.9 Å². The van der Waals surface area contributed by atoms with E-state index in [4.69, 9.17) is 4.74 Å². The molecule has 1 atom stereocenters. The molecule has 1 amide bonds. The summed E-state index contributed by atoms with van der Waals surface area (Å²) < 4.78 is 7.09. The lowest BCUT2D eigenvalue weighted by atomic mass is 10.2. The third-order valence-corrected chi connectivity index (χ3v) is 5.57. The van der Waals surface area contributed by atoms with E-state index in [-0.39, 0.29) is 17.6 Å². The first-order valence-corrected chi connectivity index (χ1v) is 10.7. The van der Waals surface area contributed by atoms with Crippen molar-refractivity contribution in [2.75, 3.05) is 7.11 Å². The van der Waals surface area contributed by atoms with Gasteiger partial charge in [0.2, 0.25) is 5.91 Å². The number of non-ortho nitro benzene ring substituents is 1. The van der Waals surface area contributed by atoms with Crippen molar-refractivity contribution in [3.63, 3.8) is 0 Å². The molecule has 0 aliphatic heterocycles. The minimum atomic E-state index is -0.445. The molecule has 162 valence electrons. The second kappa shape index (κ2) is 10.1. The number of hydrogen-bond donors (Lipinski definition) is 1. The molecular formula is C21H23N5O4S. The number of amides is 1. The fourth-order valence-corrected chi connectivity index (χ4v) is 3.84. The van der Waals surface area contributed by atoms with Gasteiger partial charge in [0, 0.05) is 30.0 Å². The Morgan fingerprint density at radius 3 is 2.65 bits per heavy atom. The molecule has 1 N–H and O–H groups in total. The van der Waals surface area contributed by atoms with Crippen molar-refractivity contribution in [3.8, 4) is 11.4 Å². The van der Waals surface area contributed by atoms with E-state index in [0.29, 0.717) is 28.8 Å². The first-order chi connectivity index (χ1) is 14.9. The molecule has 1 aromatic heterocycles. The number of carbonyl (C=O) groups is 1. The van der Waals surface area contributed by atoms with Crippen molar-refractivity contribution in [3.05, 3.63) is 70.0 Å². The molecule has 0 aliphatic carbocycles. The van der Waals surface area contributed by atoms with Crippen LogP contribution in [0.2, 0.25) is 0 Å². The van der Waals surface area contributed by atoms with Crippen LogP contribution in [0.4, 0.5) is 5.69 Å². The average Bonchev–Trinajstić information content (AvgIpc) is 3.21. The maximum Gasteiger partial charge on any atom is 0.269 e. The molecule has 0 saturated carbocycles. The van der Waals surface area contributed by atoms with Crippen molar-refractivity contribution in [2.24, 2.45) is 0 Å². The van der Waals surface area contributed by atoms with Gasteiger partial charge in [-0.25, -0.2) is 0 Å². The van der Waals surface area contributed by atoms with E-state index in [1.807, 2.05) is 35.8 Å². The highest BCUT2D eigenvalue weighted by atomic mass is 32.2. The SMILES string of the molecule is CCC(=O)NC(C)c1nnc(SCc2cccc(OC)c2)n1-c1ccc([N+](=O)[O-])cc1. The first kappa shape index (κ1) is 22.3. The van der Waals surface area contributed by atoms with Crippen LogP contribution in [0, 0.1) is 10.1 Å². The van der Waals surface area contributed by atoms with Crippen LogP contribution in [-0.2, 0) is 10.5 Å². The molecule has 0 spiro atoms. The number of nitro groups is 1. The van der Waals surface area contributed by atoms with Gasteiger partial charge in [0.1, 0.15) is 5.75 Å². The van der Waals surface area contributed by atoms with E-state index in [1.54, 1.807) is 26.2 Å². The molecule has 0 bridgehead atoms. The second-order valence-electron chi connectivity index (χ2n) is 6.73. The van der Waals surface area contributed by atoms with Crippen LogP contribution in [0.5, 0.6) is 5.75 Å². The standard InChI is InChI=1S/C21H23N5O4S/c1-4-19(27)22-14(2)20-23-24-21(31-13-15-6-5-7-18(12-15)30-3)25(20)16-8-10-17(11-9-16)26(28)29/h5-12,14H,4,13H2,1-3H3,(H,22,27). The number of thioether (sulfide) groups is 1. The Morgan fingerprint density at radius 1 is 1.26 bits per heavy atom. The summed E-state index contributed by atoms with van der Waals surface area (Å²) in [4.78, 5) is 22.5. The molecule has 1 heterocycles. The van der Waals surface area contributed by atoms with Gasteiger partial charge in [0.05, 0.1) is 18.1 Å². The van der Waals surface area contributed by atoms with E-state index in [2.05, 4.69) is 15.5 Å². The van der Waals surface area contributed by atoms with E-state index in [9.17, 15) is 14.9 Å². The molecule has 3 aromatic rings. The molecule has 2 aromatic carbocycles. The number of rotatable bonds is 9. The number of nitrogens with one attached hydrogen (secondary N) is 1. The number of nitro benzene ring substituents is 1. The number of methoxy groups -OCH3 is 1. The topological polar surface area (TPSA) is 112 Å². The Kier molecular flexibility index (Phi) is 7.24. The Hall–Kier alpha value is -3.40. The normalized spacial score (nSPS) is 11.7. The lowest BCUT2D eigenvalue weighted by molar-refractivity contribution is -0.384. The quantitative estimate of drug-likeness (QED) is 0.303. The highest BCUT2D eigenvalue weighted by molar-refractivity contribution is 7.98. The van der Waals surface area contributed by atoms with Gasteiger partial charge in [-0.05, 0) is 36.8 Å². The van der Waals surface area contributed by atoms with E-state index in [0.717, 1.165) is 11.3 Å². The number of carbonyl (C=O) groups excluding carboxylic acids is 1. The predicted octanol–water partition coefficient (Wildman–Crippen LogP) is 4.06. The van der Waals surface area contributed by atoms with Crippen LogP contribution in [-0.4, -0.2) is 32.7 Å². The fourth-order valence-electron chi connectivity index (χ4n) is 2.94. The lowest BCUT2D eigenvalue weighted by Crippen LogP contribution is -2.27. The van der Waals surface area contributed by atoms with Gasteiger partial charge in [0.25, 0.3) is 5.69 Å². The van der Waals surface area contributed by atoms with Gasteiger partial charge in [-0.1, -0.05) is 30.8 Å². The summed E-state index contributed by atoms with van der Waals surface area (Å²) in [5.41, 5.74) is 1.73. The molecule has 1 unspecified atom stereocenters. The maximum absolute atomic E-state index is 11.9. The highest BCUT2D eigenvalue weighted by Crippen LogP contribution is 2.29. The summed E-state index contributed by atoms with van der Waals surface area (Å²) in [5.74, 6) is 1.84. The number of nitrogens with zero attached hydrogens (tertiary/aromatic N) is 4. The van der Waals surface area contributed by atoms with Crippen molar-refractivity contribution >= 4 is 23.4 Å². The summed E-state index contributed by atoms with van der Waals surface area (Å²) >= 11 is 1.47. The van der Waals surface area contributed by atoms with E-state index < -0.39 is 4.92 Å². The van der Waals surface area contributed by atoms with Crippen LogP contribution < -0.4 is 10.1 Å². The smallest absolute Gasteiger partial charge is 0.269 e. The molecular weight excluding hydrogens is 418 g/mol. The summed E-state index contributed by atoms with van der Waals surface area (Å²) in [6, 6.07) is 13.5. The number of benzene rings is 2. The Bertz CT molecular complexity index is 1070. The molecule has 10 heteroatoms. The minimum Gasteiger partial charge on any atom is -0.497 e. The van der Waals surface area contributed by atoms with Crippen molar-refractivity contribution in [1.82, 2.24) is 20.1 Å². The monoisotopic (exact) mass is 441 g/mol. The third-order valence-electron chi connectivity index (χ3n) is 4.57. The maximum atomic E-state index is 11.9. The first-order valence-electron chi connectivity index (χ1n) is 9.68. The minimum absolute atomic E-state index is 0.00343. The van der Waals surface area contributed by atoms with Gasteiger partial charge >= 0.3 is 0 Å². The number of hydrogen-bond acceptors (Lipinski definition) is 7. The number of aromatic nitrogens is 3. The third kappa shape index (κ3) is 5.40. The molecule has 0 radical (unpaired) electrons. The van der Waals surface area contributed by atoms with Gasteiger partial charge in [-0.2, -0.15) is 0 Å². The van der Waals surface area contributed by atoms with Gasteiger partial charge in [-0.3, -0.25) is 19.5 Å². The van der Waals surface area contributed by atoms with Gasteiger partial charge < -0.3 is 10.1 Å². The van der Waals surface area contributed by atoms with Gasteiger partial charge in [-0.15, -0.1) is 10.2 Å². The van der Waals surface area contributed by atoms with Crippen molar-refractivity contribution in [1.29, 1.82) is 0 Å². The molecule has 31 heavy (non-hydrogen) atoms. The summed E-state index contributed by atoms with van der Waals surface area (Å²) in [7, 11) is 1.62. The van der Waals surface area contributed by atoms with Crippen LogP contribution in [0.3, 0.4) is 0 Å². The highest BCUT2D eigenvalue weighted by Gasteiger charge is 2.21. The molecule has 0 aliphatic rings. The Balaban J connectivity index is 1.94. The predicted molar refractivity (Wildman–Crippen MR) is 117 cm³/mol.